The molecule has 2 atom stereocenters. The summed E-state index contributed by atoms with van der Waals surface area (Å²) in [5, 5.41) is 10.3. The van der Waals surface area contributed by atoms with Crippen molar-refractivity contribution in [3.63, 3.8) is 0 Å². The molecule has 1 aliphatic carbocycles. The SMILES string of the molecule is CCCCC(O)C1CCOC2(CCCCC2)C1. The Morgan fingerprint density at radius 3 is 2.76 bits per heavy atom. The molecule has 2 rings (SSSR count). The first-order valence-corrected chi connectivity index (χ1v) is 7.58. The summed E-state index contributed by atoms with van der Waals surface area (Å²) in [5.74, 6) is 0.494. The molecule has 1 saturated heterocycles. The number of unbranched alkanes of at least 4 members (excludes halogenated alkanes) is 1. The topological polar surface area (TPSA) is 29.5 Å². The highest BCUT2D eigenvalue weighted by Crippen LogP contribution is 2.42. The largest absolute Gasteiger partial charge is 0.393 e. The Hall–Kier alpha value is -0.0800. The van der Waals surface area contributed by atoms with Crippen molar-refractivity contribution in [2.24, 2.45) is 5.92 Å². The lowest BCUT2D eigenvalue weighted by Crippen LogP contribution is -2.44. The van der Waals surface area contributed by atoms with Gasteiger partial charge in [-0.3, -0.25) is 0 Å². The zero-order valence-corrected chi connectivity index (χ0v) is 11.3. The lowest BCUT2D eigenvalue weighted by atomic mass is 9.74. The van der Waals surface area contributed by atoms with Crippen molar-refractivity contribution >= 4 is 0 Å². The van der Waals surface area contributed by atoms with E-state index >= 15 is 0 Å². The first-order valence-electron chi connectivity index (χ1n) is 7.58. The molecule has 0 aromatic heterocycles. The summed E-state index contributed by atoms with van der Waals surface area (Å²) in [6.07, 6.45) is 11.9. The van der Waals surface area contributed by atoms with E-state index in [1.807, 2.05) is 0 Å². The molecule has 2 aliphatic rings. The second-order valence-corrected chi connectivity index (χ2v) is 6.05. The molecule has 0 aromatic rings. The minimum absolute atomic E-state index is 0.0855. The van der Waals surface area contributed by atoms with Gasteiger partial charge in [0, 0.05) is 6.61 Å². The van der Waals surface area contributed by atoms with Gasteiger partial charge in [-0.15, -0.1) is 0 Å². The molecule has 1 spiro atoms. The highest BCUT2D eigenvalue weighted by molar-refractivity contribution is 4.91. The third-order valence-electron chi connectivity index (χ3n) is 4.69. The number of aliphatic hydroxyl groups excluding tert-OH is 1. The van der Waals surface area contributed by atoms with Crippen LogP contribution in [0.15, 0.2) is 0 Å². The predicted octanol–water partition coefficient (Wildman–Crippen LogP) is 3.67. The Morgan fingerprint density at radius 2 is 2.06 bits per heavy atom. The van der Waals surface area contributed by atoms with Gasteiger partial charge in [0.15, 0.2) is 0 Å². The maximum atomic E-state index is 10.3. The van der Waals surface area contributed by atoms with Crippen molar-refractivity contribution in [2.45, 2.75) is 82.8 Å². The fourth-order valence-electron chi connectivity index (χ4n) is 3.59. The number of ether oxygens (including phenoxy) is 1. The summed E-state index contributed by atoms with van der Waals surface area (Å²) in [6.45, 7) is 3.06. The first-order chi connectivity index (χ1) is 8.26. The molecule has 1 saturated carbocycles. The van der Waals surface area contributed by atoms with Gasteiger partial charge in [0.25, 0.3) is 0 Å². The average Bonchev–Trinajstić information content (AvgIpc) is 2.37. The molecular formula is C15H28O2. The molecular weight excluding hydrogens is 212 g/mol. The number of rotatable bonds is 4. The van der Waals surface area contributed by atoms with Crippen molar-refractivity contribution < 1.29 is 9.84 Å². The zero-order valence-electron chi connectivity index (χ0n) is 11.3. The molecule has 2 nitrogen and oxygen atoms in total. The molecule has 1 heterocycles. The predicted molar refractivity (Wildman–Crippen MR) is 70.0 cm³/mol. The Morgan fingerprint density at radius 1 is 1.29 bits per heavy atom. The Kier molecular flexibility index (Phi) is 4.87. The quantitative estimate of drug-likeness (QED) is 0.812. The average molecular weight is 240 g/mol. The van der Waals surface area contributed by atoms with E-state index in [4.69, 9.17) is 4.74 Å². The van der Waals surface area contributed by atoms with Crippen LogP contribution in [0, 0.1) is 5.92 Å². The van der Waals surface area contributed by atoms with Crippen LogP contribution in [-0.2, 0) is 4.74 Å². The second-order valence-electron chi connectivity index (χ2n) is 6.05. The summed E-state index contributed by atoms with van der Waals surface area (Å²) in [5.41, 5.74) is 0.147. The summed E-state index contributed by atoms with van der Waals surface area (Å²) in [6, 6.07) is 0. The summed E-state index contributed by atoms with van der Waals surface area (Å²) in [7, 11) is 0. The maximum absolute atomic E-state index is 10.3. The van der Waals surface area contributed by atoms with Crippen LogP contribution in [-0.4, -0.2) is 23.4 Å². The minimum atomic E-state index is -0.0855. The summed E-state index contributed by atoms with van der Waals surface area (Å²) in [4.78, 5) is 0. The van der Waals surface area contributed by atoms with E-state index in [0.29, 0.717) is 5.92 Å². The Labute approximate surface area is 106 Å². The lowest BCUT2D eigenvalue weighted by molar-refractivity contribution is -0.134. The highest BCUT2D eigenvalue weighted by atomic mass is 16.5. The lowest BCUT2D eigenvalue weighted by Gasteiger charge is -2.44. The van der Waals surface area contributed by atoms with Gasteiger partial charge in [-0.25, -0.2) is 0 Å². The highest BCUT2D eigenvalue weighted by Gasteiger charge is 2.40. The third kappa shape index (κ3) is 3.45. The molecule has 0 amide bonds. The molecule has 100 valence electrons. The second kappa shape index (κ2) is 6.19. The van der Waals surface area contributed by atoms with Gasteiger partial charge >= 0.3 is 0 Å². The van der Waals surface area contributed by atoms with Crippen LogP contribution in [0.4, 0.5) is 0 Å². The van der Waals surface area contributed by atoms with Gasteiger partial charge in [0.05, 0.1) is 11.7 Å². The van der Waals surface area contributed by atoms with Crippen LogP contribution in [0.3, 0.4) is 0 Å². The van der Waals surface area contributed by atoms with Crippen molar-refractivity contribution in [1.29, 1.82) is 0 Å². The van der Waals surface area contributed by atoms with Crippen LogP contribution >= 0.6 is 0 Å². The standard InChI is InChI=1S/C15H28O2/c1-2-3-7-14(16)13-8-11-17-15(12-13)9-5-4-6-10-15/h13-14,16H,2-12H2,1H3. The smallest absolute Gasteiger partial charge is 0.0686 e. The number of hydrogen-bond donors (Lipinski definition) is 1. The summed E-state index contributed by atoms with van der Waals surface area (Å²) >= 11 is 0. The first kappa shape index (κ1) is 13.4. The van der Waals surface area contributed by atoms with Gasteiger partial charge in [0.1, 0.15) is 0 Å². The van der Waals surface area contributed by atoms with Crippen LogP contribution in [0.25, 0.3) is 0 Å². The van der Waals surface area contributed by atoms with Crippen molar-refractivity contribution in [3.05, 3.63) is 0 Å². The van der Waals surface area contributed by atoms with Crippen molar-refractivity contribution in [2.75, 3.05) is 6.61 Å². The van der Waals surface area contributed by atoms with Gasteiger partial charge in [-0.2, -0.15) is 0 Å². The van der Waals surface area contributed by atoms with Crippen LogP contribution in [0.5, 0.6) is 0 Å². The van der Waals surface area contributed by atoms with Crippen molar-refractivity contribution in [1.82, 2.24) is 0 Å². The molecule has 1 N–H and O–H groups in total. The van der Waals surface area contributed by atoms with E-state index in [0.717, 1.165) is 32.3 Å². The molecule has 0 bridgehead atoms. The minimum Gasteiger partial charge on any atom is -0.393 e. The van der Waals surface area contributed by atoms with Crippen LogP contribution in [0.1, 0.15) is 71.1 Å². The van der Waals surface area contributed by atoms with E-state index in [1.54, 1.807) is 0 Å². The van der Waals surface area contributed by atoms with E-state index in [2.05, 4.69) is 6.92 Å². The fourth-order valence-corrected chi connectivity index (χ4v) is 3.59. The Balaban J connectivity index is 1.87. The van der Waals surface area contributed by atoms with E-state index < -0.39 is 0 Å². The fraction of sp³-hybridized carbons (Fsp3) is 1.00. The normalized spacial score (nSPS) is 30.4. The maximum Gasteiger partial charge on any atom is 0.0686 e. The molecule has 0 aromatic carbocycles. The van der Waals surface area contributed by atoms with E-state index in [1.165, 1.54) is 38.5 Å². The molecule has 1 aliphatic heterocycles. The molecule has 17 heavy (non-hydrogen) atoms. The van der Waals surface area contributed by atoms with Crippen molar-refractivity contribution in [3.8, 4) is 0 Å². The molecule has 2 fully saturated rings. The number of aliphatic hydroxyl groups is 1. The third-order valence-corrected chi connectivity index (χ3v) is 4.69. The van der Waals surface area contributed by atoms with Crippen LogP contribution in [0.2, 0.25) is 0 Å². The zero-order chi connectivity index (χ0) is 12.1. The summed E-state index contributed by atoms with van der Waals surface area (Å²) < 4.78 is 6.08. The van der Waals surface area contributed by atoms with Gasteiger partial charge in [-0.05, 0) is 38.0 Å². The number of hydrogen-bond acceptors (Lipinski definition) is 2. The van der Waals surface area contributed by atoms with Crippen LogP contribution < -0.4 is 0 Å². The van der Waals surface area contributed by atoms with Gasteiger partial charge < -0.3 is 9.84 Å². The molecule has 0 radical (unpaired) electrons. The monoisotopic (exact) mass is 240 g/mol. The van der Waals surface area contributed by atoms with Gasteiger partial charge in [0.2, 0.25) is 0 Å². The van der Waals surface area contributed by atoms with Gasteiger partial charge in [-0.1, -0.05) is 39.0 Å². The van der Waals surface area contributed by atoms with E-state index in [9.17, 15) is 5.11 Å². The Bertz CT molecular complexity index is 215. The van der Waals surface area contributed by atoms with E-state index in [-0.39, 0.29) is 11.7 Å². The molecule has 2 unspecified atom stereocenters. The molecule has 2 heteroatoms.